The number of sulfone groups is 1. The lowest BCUT2D eigenvalue weighted by atomic mass is 10.0. The molecule has 1 N–H and O–H groups in total. The van der Waals surface area contributed by atoms with Crippen LogP contribution in [0, 0.1) is 5.92 Å². The summed E-state index contributed by atoms with van der Waals surface area (Å²) in [5, 5.41) is 3.81. The number of nitrogens with zero attached hydrogens (tertiary/aromatic N) is 1. The molecule has 1 aliphatic carbocycles. The molecule has 1 amide bonds. The number of hydrogen-bond donors (Lipinski definition) is 1. The van der Waals surface area contributed by atoms with E-state index in [2.05, 4.69) is 10.3 Å². The van der Waals surface area contributed by atoms with Crippen molar-refractivity contribution in [2.45, 2.75) is 44.6 Å². The molecule has 0 aromatic carbocycles. The van der Waals surface area contributed by atoms with Crippen LogP contribution in [0.3, 0.4) is 0 Å². The zero-order chi connectivity index (χ0) is 17.7. The first-order valence-electron chi connectivity index (χ1n) is 8.82. The van der Waals surface area contributed by atoms with Crippen molar-refractivity contribution in [1.82, 2.24) is 10.3 Å². The van der Waals surface area contributed by atoms with Crippen LogP contribution in [0.1, 0.15) is 48.9 Å². The number of aromatic nitrogens is 1. The number of ether oxygens (including phenoxy) is 1. The number of nitrogens with one attached hydrogen (secondary N) is 1. The van der Waals surface area contributed by atoms with Gasteiger partial charge in [0.2, 0.25) is 5.88 Å². The zero-order valence-corrected chi connectivity index (χ0v) is 15.0. The maximum atomic E-state index is 12.1. The number of carbonyl (C=O) groups excluding carboxylic acids is 1. The molecule has 0 saturated heterocycles. The first-order chi connectivity index (χ1) is 12.0. The van der Waals surface area contributed by atoms with Crippen molar-refractivity contribution in [1.29, 1.82) is 0 Å². The number of amides is 1. The Morgan fingerprint density at radius 1 is 1.28 bits per heavy atom. The molecule has 1 aromatic rings. The Labute approximate surface area is 148 Å². The molecule has 1 fully saturated rings. The normalized spacial score (nSPS) is 22.2. The fourth-order valence-electron chi connectivity index (χ4n) is 3.37. The molecule has 25 heavy (non-hydrogen) atoms. The van der Waals surface area contributed by atoms with E-state index >= 15 is 0 Å². The van der Waals surface area contributed by atoms with Crippen LogP contribution in [-0.4, -0.2) is 37.7 Å². The van der Waals surface area contributed by atoms with E-state index < -0.39 is 15.9 Å². The van der Waals surface area contributed by atoms with E-state index in [1.807, 2.05) is 0 Å². The van der Waals surface area contributed by atoms with Crippen molar-refractivity contribution < 1.29 is 17.9 Å². The summed E-state index contributed by atoms with van der Waals surface area (Å²) in [4.78, 5) is 16.3. The summed E-state index contributed by atoms with van der Waals surface area (Å²) >= 11 is 0. The molecule has 1 aliphatic heterocycles. The summed E-state index contributed by atoms with van der Waals surface area (Å²) in [6.45, 7) is 0.639. The standard InChI is InChI=1S/C18H24N2O4S/c21-18(20-16-9-11-25(22,23)13-16)15-7-8-17(19-12-15)24-10-3-6-14-4-1-2-5-14/h7-9,11-12,14,16H,1-6,10,13H2,(H,20,21). The Hall–Kier alpha value is -1.89. The maximum Gasteiger partial charge on any atom is 0.253 e. The van der Waals surface area contributed by atoms with Gasteiger partial charge in [-0.3, -0.25) is 4.79 Å². The Balaban J connectivity index is 1.42. The third-order valence-corrected chi connectivity index (χ3v) is 6.12. The van der Waals surface area contributed by atoms with Gasteiger partial charge in [0.05, 0.1) is 24.0 Å². The smallest absolute Gasteiger partial charge is 0.253 e. The highest BCUT2D eigenvalue weighted by atomic mass is 32.2. The largest absolute Gasteiger partial charge is 0.478 e. The van der Waals surface area contributed by atoms with Crippen molar-refractivity contribution in [2.24, 2.45) is 5.92 Å². The van der Waals surface area contributed by atoms with E-state index in [-0.39, 0.29) is 11.7 Å². The summed E-state index contributed by atoms with van der Waals surface area (Å²) in [6.07, 6.45) is 10.6. The SMILES string of the molecule is O=C(NC1C=CS(=O)(=O)C1)c1ccc(OCCCC2CCCC2)nc1. The van der Waals surface area contributed by atoms with Gasteiger partial charge in [-0.15, -0.1) is 0 Å². The molecule has 0 spiro atoms. The summed E-state index contributed by atoms with van der Waals surface area (Å²) < 4.78 is 28.3. The number of hydrogen-bond acceptors (Lipinski definition) is 5. The highest BCUT2D eigenvalue weighted by molar-refractivity contribution is 7.94. The molecule has 1 unspecified atom stereocenters. The molecule has 136 valence electrons. The molecule has 6 nitrogen and oxygen atoms in total. The summed E-state index contributed by atoms with van der Waals surface area (Å²) in [5.41, 5.74) is 0.385. The topological polar surface area (TPSA) is 85.4 Å². The van der Waals surface area contributed by atoms with Gasteiger partial charge in [0.1, 0.15) is 0 Å². The van der Waals surface area contributed by atoms with Gasteiger partial charge in [-0.1, -0.05) is 25.7 Å². The zero-order valence-electron chi connectivity index (χ0n) is 14.2. The first-order valence-corrected chi connectivity index (χ1v) is 10.5. The first kappa shape index (κ1) is 17.9. The minimum atomic E-state index is -3.18. The van der Waals surface area contributed by atoms with Crippen LogP contribution in [0.2, 0.25) is 0 Å². The second-order valence-corrected chi connectivity index (χ2v) is 8.70. The summed E-state index contributed by atoms with van der Waals surface area (Å²) in [5.74, 6) is 0.934. The van der Waals surface area contributed by atoms with Crippen LogP contribution < -0.4 is 10.1 Å². The van der Waals surface area contributed by atoms with Crippen LogP contribution in [-0.2, 0) is 9.84 Å². The second-order valence-electron chi connectivity index (χ2n) is 6.76. The highest BCUT2D eigenvalue weighted by Crippen LogP contribution is 2.28. The quantitative estimate of drug-likeness (QED) is 0.751. The van der Waals surface area contributed by atoms with Gasteiger partial charge in [-0.2, -0.15) is 0 Å². The molecular weight excluding hydrogens is 340 g/mol. The minimum Gasteiger partial charge on any atom is -0.478 e. The molecule has 1 saturated carbocycles. The van der Waals surface area contributed by atoms with Gasteiger partial charge in [0, 0.05) is 17.7 Å². The van der Waals surface area contributed by atoms with Gasteiger partial charge < -0.3 is 10.1 Å². The third kappa shape index (κ3) is 5.29. The van der Waals surface area contributed by atoms with Gasteiger partial charge >= 0.3 is 0 Å². The van der Waals surface area contributed by atoms with Crippen LogP contribution in [0.25, 0.3) is 0 Å². The minimum absolute atomic E-state index is 0.0889. The predicted molar refractivity (Wildman–Crippen MR) is 95.1 cm³/mol. The molecule has 2 heterocycles. The number of carbonyl (C=O) groups is 1. The second kappa shape index (κ2) is 7.99. The lowest BCUT2D eigenvalue weighted by Crippen LogP contribution is -2.35. The average Bonchev–Trinajstić information content (AvgIpc) is 3.21. The fraction of sp³-hybridized carbons (Fsp3) is 0.556. The lowest BCUT2D eigenvalue weighted by Gasteiger charge is -2.11. The monoisotopic (exact) mass is 364 g/mol. The Morgan fingerprint density at radius 2 is 2.08 bits per heavy atom. The average molecular weight is 364 g/mol. The van der Waals surface area contributed by atoms with E-state index in [4.69, 9.17) is 4.74 Å². The van der Waals surface area contributed by atoms with Crippen molar-refractivity contribution in [3.8, 4) is 5.88 Å². The summed E-state index contributed by atoms with van der Waals surface area (Å²) in [6, 6.07) is 2.83. The molecule has 1 aromatic heterocycles. The molecule has 0 radical (unpaired) electrons. The predicted octanol–water partition coefficient (Wildman–Crippen LogP) is 2.47. The molecule has 2 aliphatic rings. The summed E-state index contributed by atoms with van der Waals surface area (Å²) in [7, 11) is -3.18. The molecule has 7 heteroatoms. The van der Waals surface area contributed by atoms with Gasteiger partial charge in [-0.25, -0.2) is 13.4 Å². The molecular formula is C18H24N2O4S. The number of pyridine rings is 1. The van der Waals surface area contributed by atoms with Crippen LogP contribution in [0.15, 0.2) is 29.8 Å². The van der Waals surface area contributed by atoms with E-state index in [9.17, 15) is 13.2 Å². The Kier molecular flexibility index (Phi) is 5.73. The van der Waals surface area contributed by atoms with Crippen molar-refractivity contribution >= 4 is 15.7 Å². The van der Waals surface area contributed by atoms with E-state index in [1.54, 1.807) is 12.1 Å². The fourth-order valence-corrected chi connectivity index (χ4v) is 4.60. The van der Waals surface area contributed by atoms with Crippen molar-refractivity contribution in [2.75, 3.05) is 12.4 Å². The van der Waals surface area contributed by atoms with Crippen molar-refractivity contribution in [3.05, 3.63) is 35.4 Å². The van der Waals surface area contributed by atoms with Gasteiger partial charge in [0.25, 0.3) is 5.91 Å². The third-order valence-electron chi connectivity index (χ3n) is 4.73. The Bertz CT molecular complexity index is 722. The van der Waals surface area contributed by atoms with Crippen LogP contribution >= 0.6 is 0 Å². The highest BCUT2D eigenvalue weighted by Gasteiger charge is 2.23. The van der Waals surface area contributed by atoms with Crippen LogP contribution in [0.5, 0.6) is 5.88 Å². The van der Waals surface area contributed by atoms with Crippen LogP contribution in [0.4, 0.5) is 0 Å². The van der Waals surface area contributed by atoms with Gasteiger partial charge in [0.15, 0.2) is 9.84 Å². The van der Waals surface area contributed by atoms with E-state index in [0.717, 1.165) is 17.7 Å². The molecule has 0 bridgehead atoms. The van der Waals surface area contributed by atoms with E-state index in [1.165, 1.54) is 44.4 Å². The molecule has 3 rings (SSSR count). The Morgan fingerprint density at radius 3 is 2.72 bits per heavy atom. The molecule has 1 atom stereocenters. The van der Waals surface area contributed by atoms with Crippen molar-refractivity contribution in [3.63, 3.8) is 0 Å². The van der Waals surface area contributed by atoms with E-state index in [0.29, 0.717) is 18.1 Å². The lowest BCUT2D eigenvalue weighted by molar-refractivity contribution is 0.0947. The number of rotatable bonds is 7. The van der Waals surface area contributed by atoms with Gasteiger partial charge in [-0.05, 0) is 30.9 Å². The maximum absolute atomic E-state index is 12.1.